The fraction of sp³-hybridized carbons (Fsp3) is 0.455. The highest BCUT2D eigenvalue weighted by Crippen LogP contribution is 2.32. The number of nitrogens with zero attached hydrogens (tertiary/aromatic N) is 3. The van der Waals surface area contributed by atoms with E-state index in [4.69, 9.17) is 15.0 Å². The zero-order valence-corrected chi connectivity index (χ0v) is 9.09. The van der Waals surface area contributed by atoms with Crippen LogP contribution in [0.25, 0.3) is 10.4 Å². The van der Waals surface area contributed by atoms with Crippen LogP contribution in [0.5, 0.6) is 11.5 Å². The molecule has 0 saturated heterocycles. The third-order valence-corrected chi connectivity index (χ3v) is 2.48. The van der Waals surface area contributed by atoms with Crippen LogP contribution in [-0.4, -0.2) is 13.2 Å². The van der Waals surface area contributed by atoms with E-state index in [0.29, 0.717) is 13.2 Å². The summed E-state index contributed by atoms with van der Waals surface area (Å²) >= 11 is 0. The van der Waals surface area contributed by atoms with E-state index in [9.17, 15) is 0 Å². The van der Waals surface area contributed by atoms with Crippen molar-refractivity contribution < 1.29 is 9.47 Å². The van der Waals surface area contributed by atoms with Crippen LogP contribution in [0.15, 0.2) is 23.3 Å². The molecule has 0 bridgehead atoms. The molecule has 0 radical (unpaired) electrons. The van der Waals surface area contributed by atoms with Gasteiger partial charge in [0.05, 0.1) is 19.3 Å². The Morgan fingerprint density at radius 3 is 2.81 bits per heavy atom. The number of hydrogen-bond donors (Lipinski definition) is 0. The average Bonchev–Trinajstić information content (AvgIpc) is 2.53. The van der Waals surface area contributed by atoms with Crippen molar-refractivity contribution in [1.29, 1.82) is 0 Å². The largest absolute Gasteiger partial charge is 0.490 e. The molecule has 84 valence electrons. The normalized spacial score (nSPS) is 15.8. The number of ether oxygens (including phenoxy) is 2. The lowest BCUT2D eigenvalue weighted by atomic mass is 10.1. The van der Waals surface area contributed by atoms with E-state index in [1.165, 1.54) is 0 Å². The number of fused-ring (bicyclic) bond motifs is 1. The van der Waals surface area contributed by atoms with Crippen LogP contribution in [0.4, 0.5) is 0 Å². The lowest BCUT2D eigenvalue weighted by Gasteiger charge is -2.10. The third-order valence-electron chi connectivity index (χ3n) is 2.48. The summed E-state index contributed by atoms with van der Waals surface area (Å²) < 4.78 is 11.1. The van der Waals surface area contributed by atoms with Gasteiger partial charge in [0.15, 0.2) is 11.5 Å². The highest BCUT2D eigenvalue weighted by molar-refractivity contribution is 5.44. The van der Waals surface area contributed by atoms with E-state index in [-0.39, 0.29) is 6.04 Å². The van der Waals surface area contributed by atoms with Gasteiger partial charge in [0, 0.05) is 11.3 Å². The van der Waals surface area contributed by atoms with Crippen LogP contribution < -0.4 is 9.47 Å². The quantitative estimate of drug-likeness (QED) is 0.435. The van der Waals surface area contributed by atoms with Crippen molar-refractivity contribution in [3.05, 3.63) is 34.2 Å². The second-order valence-corrected chi connectivity index (χ2v) is 3.64. The molecule has 1 aromatic carbocycles. The average molecular weight is 219 g/mol. The topological polar surface area (TPSA) is 67.2 Å². The lowest BCUT2D eigenvalue weighted by molar-refractivity contribution is 0.297. The smallest absolute Gasteiger partial charge is 0.161 e. The Bertz CT molecular complexity index is 427. The van der Waals surface area contributed by atoms with Gasteiger partial charge in [-0.1, -0.05) is 18.1 Å². The summed E-state index contributed by atoms with van der Waals surface area (Å²) in [4.78, 5) is 2.80. The summed E-state index contributed by atoms with van der Waals surface area (Å²) in [6.07, 6.45) is 0.885. The molecule has 1 aliphatic heterocycles. The summed E-state index contributed by atoms with van der Waals surface area (Å²) in [5, 5.41) is 3.65. The number of azide groups is 1. The van der Waals surface area contributed by atoms with Gasteiger partial charge in [-0.25, -0.2) is 0 Å². The van der Waals surface area contributed by atoms with Crippen LogP contribution in [0, 0.1) is 0 Å². The SMILES string of the molecule is C[C@@H](N=[N+]=[N-])c1ccc2c(c1)OCCCO2. The first-order chi connectivity index (χ1) is 7.81. The maximum absolute atomic E-state index is 8.38. The van der Waals surface area contributed by atoms with Crippen molar-refractivity contribution in [1.82, 2.24) is 0 Å². The van der Waals surface area contributed by atoms with Gasteiger partial charge < -0.3 is 9.47 Å². The molecule has 1 aromatic rings. The van der Waals surface area contributed by atoms with Gasteiger partial charge in [-0.2, -0.15) is 0 Å². The molecule has 2 rings (SSSR count). The molecule has 0 aromatic heterocycles. The molecular formula is C11H13N3O2. The van der Waals surface area contributed by atoms with Gasteiger partial charge in [0.1, 0.15) is 0 Å². The Kier molecular flexibility index (Phi) is 3.17. The molecule has 1 heterocycles. The molecule has 0 saturated carbocycles. The Morgan fingerprint density at radius 1 is 1.31 bits per heavy atom. The molecule has 5 heteroatoms. The molecule has 1 atom stereocenters. The second kappa shape index (κ2) is 4.77. The fourth-order valence-electron chi connectivity index (χ4n) is 1.58. The van der Waals surface area contributed by atoms with Crippen molar-refractivity contribution in [2.24, 2.45) is 5.11 Å². The molecule has 5 nitrogen and oxygen atoms in total. The van der Waals surface area contributed by atoms with E-state index < -0.39 is 0 Å². The monoisotopic (exact) mass is 219 g/mol. The minimum Gasteiger partial charge on any atom is -0.490 e. The van der Waals surface area contributed by atoms with Gasteiger partial charge in [0.2, 0.25) is 0 Å². The Morgan fingerprint density at radius 2 is 2.06 bits per heavy atom. The molecule has 0 N–H and O–H groups in total. The van der Waals surface area contributed by atoms with E-state index in [1.807, 2.05) is 25.1 Å². The molecule has 1 aliphatic rings. The minimum atomic E-state index is -0.192. The van der Waals surface area contributed by atoms with Crippen molar-refractivity contribution in [2.75, 3.05) is 13.2 Å². The predicted octanol–water partition coefficient (Wildman–Crippen LogP) is 3.22. The van der Waals surface area contributed by atoms with Crippen LogP contribution in [0.3, 0.4) is 0 Å². The molecule has 0 aliphatic carbocycles. The molecule has 0 amide bonds. The third kappa shape index (κ3) is 2.20. The Hall–Kier alpha value is -1.87. The van der Waals surface area contributed by atoms with E-state index >= 15 is 0 Å². The van der Waals surface area contributed by atoms with Gasteiger partial charge in [0.25, 0.3) is 0 Å². The summed E-state index contributed by atoms with van der Waals surface area (Å²) in [7, 11) is 0. The predicted molar refractivity (Wildman–Crippen MR) is 59.6 cm³/mol. The molecule has 0 unspecified atom stereocenters. The molecule has 0 spiro atoms. The molecular weight excluding hydrogens is 206 g/mol. The summed E-state index contributed by atoms with van der Waals surface area (Å²) in [6, 6.07) is 5.44. The van der Waals surface area contributed by atoms with E-state index in [2.05, 4.69) is 10.0 Å². The van der Waals surface area contributed by atoms with Gasteiger partial charge in [-0.3, -0.25) is 0 Å². The first-order valence-corrected chi connectivity index (χ1v) is 5.25. The second-order valence-electron chi connectivity index (χ2n) is 3.64. The van der Waals surface area contributed by atoms with E-state index in [0.717, 1.165) is 23.5 Å². The number of benzene rings is 1. The number of hydrogen-bond acceptors (Lipinski definition) is 3. The molecule has 0 fully saturated rings. The van der Waals surface area contributed by atoms with Gasteiger partial charge >= 0.3 is 0 Å². The summed E-state index contributed by atoms with van der Waals surface area (Å²) in [5.41, 5.74) is 9.32. The first-order valence-electron chi connectivity index (χ1n) is 5.25. The summed E-state index contributed by atoms with van der Waals surface area (Å²) in [5.74, 6) is 1.49. The van der Waals surface area contributed by atoms with Gasteiger partial charge in [-0.15, -0.1) is 0 Å². The highest BCUT2D eigenvalue weighted by Gasteiger charge is 2.12. The Balaban J connectivity index is 2.30. The highest BCUT2D eigenvalue weighted by atomic mass is 16.5. The summed E-state index contributed by atoms with van der Waals surface area (Å²) in [6.45, 7) is 3.18. The van der Waals surface area contributed by atoms with Gasteiger partial charge in [-0.05, 0) is 23.2 Å². The zero-order chi connectivity index (χ0) is 11.4. The van der Waals surface area contributed by atoms with Crippen molar-refractivity contribution in [3.63, 3.8) is 0 Å². The van der Waals surface area contributed by atoms with E-state index in [1.54, 1.807) is 0 Å². The lowest BCUT2D eigenvalue weighted by Crippen LogP contribution is -1.97. The van der Waals surface area contributed by atoms with Crippen molar-refractivity contribution in [2.45, 2.75) is 19.4 Å². The van der Waals surface area contributed by atoms with Crippen LogP contribution >= 0.6 is 0 Å². The minimum absolute atomic E-state index is 0.192. The van der Waals surface area contributed by atoms with Crippen molar-refractivity contribution in [3.8, 4) is 11.5 Å². The van der Waals surface area contributed by atoms with Crippen LogP contribution in [0.1, 0.15) is 24.9 Å². The zero-order valence-electron chi connectivity index (χ0n) is 9.09. The first kappa shape index (κ1) is 10.6. The number of rotatable bonds is 2. The molecule has 16 heavy (non-hydrogen) atoms. The standard InChI is InChI=1S/C11H13N3O2/c1-8(13-14-12)9-3-4-10-11(7-9)16-6-2-5-15-10/h3-4,7-8H,2,5-6H2,1H3/t8-/m1/s1. The van der Waals surface area contributed by atoms with Crippen LogP contribution in [-0.2, 0) is 0 Å². The maximum atomic E-state index is 8.38. The fourth-order valence-corrected chi connectivity index (χ4v) is 1.58. The van der Waals surface area contributed by atoms with Crippen LogP contribution in [0.2, 0.25) is 0 Å². The maximum Gasteiger partial charge on any atom is 0.161 e. The Labute approximate surface area is 93.6 Å². The van der Waals surface area contributed by atoms with Crippen molar-refractivity contribution >= 4 is 0 Å².